The Kier molecular flexibility index (Phi) is 3.18. The summed E-state index contributed by atoms with van der Waals surface area (Å²) in [7, 11) is 0. The van der Waals surface area contributed by atoms with Crippen LogP contribution in [-0.2, 0) is 0 Å². The molecule has 0 spiro atoms. The summed E-state index contributed by atoms with van der Waals surface area (Å²) in [5.74, 6) is 0. The van der Waals surface area contributed by atoms with E-state index in [4.69, 9.17) is 0 Å². The van der Waals surface area contributed by atoms with E-state index in [1.165, 1.54) is 11.1 Å². The van der Waals surface area contributed by atoms with E-state index in [0.717, 1.165) is 3.38 Å². The lowest BCUT2D eigenvalue weighted by Gasteiger charge is -2.18. The molecule has 58 valence electrons. The van der Waals surface area contributed by atoms with E-state index >= 15 is 0 Å². The van der Waals surface area contributed by atoms with Crippen LogP contribution in [0.2, 0.25) is 0 Å². The van der Waals surface area contributed by atoms with Gasteiger partial charge < -0.3 is 12.9 Å². The number of hydrogen-bond donors (Lipinski definition) is 0. The van der Waals surface area contributed by atoms with Crippen molar-refractivity contribution in [3.8, 4) is 0 Å². The quantitative estimate of drug-likeness (QED) is 0.689. The summed E-state index contributed by atoms with van der Waals surface area (Å²) in [6.07, 6.45) is 2.20. The van der Waals surface area contributed by atoms with Gasteiger partial charge >= 0.3 is 18.2 Å². The average molecular weight is 251 g/mol. The van der Waals surface area contributed by atoms with Crippen molar-refractivity contribution in [3.05, 3.63) is 40.8 Å². The van der Waals surface area contributed by atoms with Gasteiger partial charge in [0, 0.05) is 0 Å². The predicted octanol–water partition coefficient (Wildman–Crippen LogP) is 3.42. The molecule has 2 rings (SSSR count). The molecule has 0 amide bonds. The summed E-state index contributed by atoms with van der Waals surface area (Å²) in [5, 5.41) is 2.21. The van der Waals surface area contributed by atoms with E-state index < -0.39 is 0 Å². The summed E-state index contributed by atoms with van der Waals surface area (Å²) < 4.78 is 0.728. The smallest absolute Gasteiger partial charge is 0.304 e. The fraction of sp³-hybridized carbons (Fsp3) is 0.111. The van der Waals surface area contributed by atoms with Gasteiger partial charge in [0.05, 0.1) is 0 Å². The van der Waals surface area contributed by atoms with Crippen LogP contribution in [0.4, 0.5) is 0 Å². The number of halogens is 1. The first kappa shape index (κ1) is 9.12. The molecule has 0 saturated heterocycles. The molecular formula is C9H7BrMgS. The third-order valence-corrected chi connectivity index (χ3v) is 7.87. The van der Waals surface area contributed by atoms with Crippen molar-refractivity contribution >= 4 is 48.9 Å². The van der Waals surface area contributed by atoms with Crippen molar-refractivity contribution in [2.24, 2.45) is 0 Å². The van der Waals surface area contributed by atoms with Gasteiger partial charge in [-0.15, -0.1) is 0 Å². The van der Waals surface area contributed by atoms with Crippen LogP contribution in [0.5, 0.6) is 0 Å². The highest BCUT2D eigenvalue weighted by Crippen LogP contribution is 2.36. The van der Waals surface area contributed by atoms with Gasteiger partial charge in [-0.25, -0.2) is 0 Å². The highest BCUT2D eigenvalue weighted by Gasteiger charge is 2.17. The van der Waals surface area contributed by atoms with Crippen molar-refractivity contribution in [1.29, 1.82) is 0 Å². The standard InChI is InChI=1S/C9H7S.BrH.Mg/c1-2-4-9-7-10-6-5-8(9)3-1;;/h1-7H;1H;/q;;+1/p-1. The van der Waals surface area contributed by atoms with Gasteiger partial charge in [0.1, 0.15) is 0 Å². The molecule has 1 aliphatic heterocycles. The lowest BCUT2D eigenvalue weighted by molar-refractivity contribution is 1.34. The Morgan fingerprint density at radius 2 is 2.17 bits per heavy atom. The van der Waals surface area contributed by atoms with Crippen molar-refractivity contribution in [2.75, 3.05) is 0 Å². The van der Waals surface area contributed by atoms with Gasteiger partial charge in [-0.1, -0.05) is 29.8 Å². The first-order chi connectivity index (χ1) is 5.92. The second-order valence-corrected chi connectivity index (χ2v) is 7.48. The third kappa shape index (κ3) is 1.74. The molecular weight excluding hydrogens is 244 g/mol. The first-order valence-electron chi connectivity index (χ1n) is 3.88. The van der Waals surface area contributed by atoms with E-state index in [-0.39, 0.29) is 18.2 Å². The Morgan fingerprint density at radius 3 is 3.00 bits per heavy atom. The highest BCUT2D eigenvalue weighted by molar-refractivity contribution is 9.23. The van der Waals surface area contributed by atoms with Crippen LogP contribution in [0.1, 0.15) is 14.5 Å². The number of thioether (sulfide) groups is 1. The lowest BCUT2D eigenvalue weighted by atomic mass is 10.1. The molecule has 0 saturated carbocycles. The van der Waals surface area contributed by atoms with Crippen LogP contribution < -0.4 is 0 Å². The second kappa shape index (κ2) is 4.18. The van der Waals surface area contributed by atoms with Crippen LogP contribution >= 0.6 is 24.6 Å². The van der Waals surface area contributed by atoms with E-state index in [0.29, 0.717) is 0 Å². The maximum Gasteiger partial charge on any atom is 0.491 e. The van der Waals surface area contributed by atoms with Crippen LogP contribution in [0, 0.1) is 0 Å². The minimum Gasteiger partial charge on any atom is -0.304 e. The Balaban J connectivity index is 2.45. The lowest BCUT2D eigenvalue weighted by Crippen LogP contribution is -2.02. The molecule has 0 aromatic heterocycles. The van der Waals surface area contributed by atoms with Crippen molar-refractivity contribution in [3.63, 3.8) is 0 Å². The Morgan fingerprint density at radius 1 is 1.33 bits per heavy atom. The van der Waals surface area contributed by atoms with Crippen LogP contribution in [0.25, 0.3) is 6.08 Å². The largest absolute Gasteiger partial charge is 0.491 e. The fourth-order valence-corrected chi connectivity index (χ4v) is 5.71. The van der Waals surface area contributed by atoms with Gasteiger partial charge in [-0.3, -0.25) is 0 Å². The Hall–Kier alpha value is 0.556. The number of rotatable bonds is 1. The van der Waals surface area contributed by atoms with Gasteiger partial charge in [0.2, 0.25) is 0 Å². The number of fused-ring (bicyclic) bond motifs is 1. The fourth-order valence-electron chi connectivity index (χ4n) is 1.36. The summed E-state index contributed by atoms with van der Waals surface area (Å²) in [4.78, 5) is 0. The average Bonchev–Trinajstić information content (AvgIpc) is 2.17. The van der Waals surface area contributed by atoms with E-state index in [1.807, 2.05) is 11.8 Å². The molecule has 1 aliphatic rings. The van der Waals surface area contributed by atoms with E-state index in [9.17, 15) is 0 Å². The highest BCUT2D eigenvalue weighted by atomic mass is 79.9. The van der Waals surface area contributed by atoms with Crippen LogP contribution in [0.3, 0.4) is 0 Å². The first-order valence-corrected chi connectivity index (χ1v) is 9.54. The third-order valence-electron chi connectivity index (χ3n) is 1.97. The van der Waals surface area contributed by atoms with Crippen LogP contribution in [0.15, 0.2) is 29.7 Å². The van der Waals surface area contributed by atoms with Crippen molar-refractivity contribution in [1.82, 2.24) is 0 Å². The minimum atomic E-state index is -0.116. The Labute approximate surface area is 92.4 Å². The zero-order valence-corrected chi connectivity index (χ0v) is 10.4. The van der Waals surface area contributed by atoms with Gasteiger partial charge in [0.15, 0.2) is 0 Å². The van der Waals surface area contributed by atoms with Gasteiger partial charge in [0.25, 0.3) is 0 Å². The summed E-state index contributed by atoms with van der Waals surface area (Å²) in [6.45, 7) is 0. The zero-order valence-electron chi connectivity index (χ0n) is 6.53. The molecule has 1 heterocycles. The van der Waals surface area contributed by atoms with Gasteiger partial charge in [-0.05, 0) is 20.4 Å². The summed E-state index contributed by atoms with van der Waals surface area (Å²) >= 11 is 5.49. The SMILES string of the molecule is [Br][Mg][CH]1SC=Cc2ccccc21. The van der Waals surface area contributed by atoms with E-state index in [2.05, 4.69) is 48.6 Å². The molecule has 0 bridgehead atoms. The zero-order chi connectivity index (χ0) is 8.39. The maximum absolute atomic E-state index is 3.66. The number of hydrogen-bond acceptors (Lipinski definition) is 1. The van der Waals surface area contributed by atoms with E-state index in [1.54, 1.807) is 0 Å². The van der Waals surface area contributed by atoms with Crippen molar-refractivity contribution < 1.29 is 0 Å². The molecule has 0 N–H and O–H groups in total. The molecule has 1 unspecified atom stereocenters. The minimum absolute atomic E-state index is 0.116. The normalized spacial score (nSPS) is 19.9. The molecule has 0 radical (unpaired) electrons. The van der Waals surface area contributed by atoms with Crippen molar-refractivity contribution in [2.45, 2.75) is 3.38 Å². The van der Waals surface area contributed by atoms with Gasteiger partial charge in [-0.2, -0.15) is 11.8 Å². The summed E-state index contributed by atoms with van der Waals surface area (Å²) in [6, 6.07) is 8.66. The molecule has 0 aliphatic carbocycles. The second-order valence-electron chi connectivity index (χ2n) is 2.71. The molecule has 3 heteroatoms. The molecule has 1 aromatic rings. The topological polar surface area (TPSA) is 0 Å². The Bertz CT molecular complexity index is 311. The molecule has 1 aromatic carbocycles. The molecule has 0 fully saturated rings. The molecule has 1 atom stereocenters. The maximum atomic E-state index is 3.66. The molecule has 0 nitrogen and oxygen atoms in total. The number of benzene rings is 1. The summed E-state index contributed by atoms with van der Waals surface area (Å²) in [5.41, 5.74) is 2.90. The van der Waals surface area contributed by atoms with Crippen LogP contribution in [-0.4, -0.2) is 18.2 Å². The predicted molar refractivity (Wildman–Crippen MR) is 60.5 cm³/mol. The molecule has 12 heavy (non-hydrogen) atoms. The monoisotopic (exact) mass is 250 g/mol.